The predicted molar refractivity (Wildman–Crippen MR) is 179 cm³/mol. The summed E-state index contributed by atoms with van der Waals surface area (Å²) in [6, 6.07) is 51.4. The molecule has 0 bridgehead atoms. The Kier molecular flexibility index (Phi) is 4.97. The van der Waals surface area contributed by atoms with Gasteiger partial charge in [-0.15, -0.1) is 0 Å². The number of fused-ring (bicyclic) bond motifs is 9. The zero-order chi connectivity index (χ0) is 28.5. The lowest BCUT2D eigenvalue weighted by molar-refractivity contribution is 1.18. The van der Waals surface area contributed by atoms with Crippen LogP contribution in [0.1, 0.15) is 5.56 Å². The summed E-state index contributed by atoms with van der Waals surface area (Å²) in [7, 11) is 0. The maximum absolute atomic E-state index is 9.95. The summed E-state index contributed by atoms with van der Waals surface area (Å²) in [5, 5.41) is 19.0. The van der Waals surface area contributed by atoms with Gasteiger partial charge in [0.1, 0.15) is 0 Å². The molecule has 198 valence electrons. The molecule has 0 aliphatic heterocycles. The van der Waals surface area contributed by atoms with E-state index in [0.717, 1.165) is 65.6 Å². The molecule has 0 N–H and O–H groups in total. The molecule has 0 aliphatic carbocycles. The van der Waals surface area contributed by atoms with Crippen LogP contribution in [0.3, 0.4) is 0 Å². The zero-order valence-corrected chi connectivity index (χ0v) is 23.1. The van der Waals surface area contributed by atoms with Gasteiger partial charge in [0.15, 0.2) is 0 Å². The summed E-state index contributed by atoms with van der Waals surface area (Å²) < 4.78 is 2.28. The van der Waals surface area contributed by atoms with Crippen molar-refractivity contribution in [1.82, 2.24) is 9.55 Å². The molecule has 2 heterocycles. The van der Waals surface area contributed by atoms with Gasteiger partial charge >= 0.3 is 0 Å². The van der Waals surface area contributed by atoms with E-state index < -0.39 is 0 Å². The average molecular weight is 546 g/mol. The lowest BCUT2D eigenvalue weighted by atomic mass is 9.92. The highest BCUT2D eigenvalue weighted by atomic mass is 15.0. The Morgan fingerprint density at radius 3 is 1.81 bits per heavy atom. The van der Waals surface area contributed by atoms with Crippen molar-refractivity contribution in [2.24, 2.45) is 0 Å². The first-order valence-corrected chi connectivity index (χ1v) is 14.5. The number of hydrogen-bond donors (Lipinski definition) is 0. The van der Waals surface area contributed by atoms with E-state index in [4.69, 9.17) is 4.98 Å². The first-order chi connectivity index (χ1) is 21.3. The number of hydrogen-bond acceptors (Lipinski definition) is 2. The van der Waals surface area contributed by atoms with Crippen molar-refractivity contribution in [3.63, 3.8) is 0 Å². The maximum Gasteiger partial charge on any atom is 0.0998 e. The molecule has 0 atom stereocenters. The third-order valence-corrected chi connectivity index (χ3v) is 8.77. The molecule has 9 aromatic rings. The quantitative estimate of drug-likeness (QED) is 0.160. The van der Waals surface area contributed by atoms with Crippen LogP contribution in [-0.2, 0) is 0 Å². The topological polar surface area (TPSA) is 41.6 Å². The SMILES string of the molecule is N#Cc1cccc2c1c1ccccc1n2-c1cccc(-c2c3ccc4ccccc4c3nc3c2ccc2ccccc23)c1. The van der Waals surface area contributed by atoms with E-state index in [1.807, 2.05) is 18.2 Å². The maximum atomic E-state index is 9.95. The molecule has 3 heteroatoms. The molecule has 0 spiro atoms. The summed E-state index contributed by atoms with van der Waals surface area (Å²) in [6.07, 6.45) is 0. The van der Waals surface area contributed by atoms with Crippen LogP contribution in [0.4, 0.5) is 0 Å². The molecular formula is C40H23N3. The Bertz CT molecular complexity index is 2540. The van der Waals surface area contributed by atoms with Crippen molar-refractivity contribution >= 4 is 65.2 Å². The van der Waals surface area contributed by atoms with Crippen molar-refractivity contribution in [3.8, 4) is 22.9 Å². The van der Waals surface area contributed by atoms with E-state index in [9.17, 15) is 5.26 Å². The Hall–Kier alpha value is -5.98. The first kappa shape index (κ1) is 23.7. The Morgan fingerprint density at radius 2 is 1.12 bits per heavy atom. The molecule has 0 radical (unpaired) electrons. The Labute approximate surface area is 247 Å². The van der Waals surface area contributed by atoms with Gasteiger partial charge in [-0.2, -0.15) is 5.26 Å². The highest BCUT2D eigenvalue weighted by molar-refractivity contribution is 6.21. The summed E-state index contributed by atoms with van der Waals surface area (Å²) in [5.41, 5.74) is 8.18. The smallest absolute Gasteiger partial charge is 0.0998 e. The van der Waals surface area contributed by atoms with Crippen LogP contribution in [0.5, 0.6) is 0 Å². The molecule has 43 heavy (non-hydrogen) atoms. The molecule has 7 aromatic carbocycles. The van der Waals surface area contributed by atoms with Crippen LogP contribution < -0.4 is 0 Å². The van der Waals surface area contributed by atoms with Gasteiger partial charge in [-0.1, -0.05) is 109 Å². The van der Waals surface area contributed by atoms with Crippen LogP contribution in [0.25, 0.3) is 82.0 Å². The number of aromatic nitrogens is 2. The van der Waals surface area contributed by atoms with Crippen LogP contribution in [-0.4, -0.2) is 9.55 Å². The molecule has 9 rings (SSSR count). The van der Waals surface area contributed by atoms with Gasteiger partial charge in [0.25, 0.3) is 0 Å². The normalized spacial score (nSPS) is 11.7. The summed E-state index contributed by atoms with van der Waals surface area (Å²) in [5.74, 6) is 0. The Balaban J connectivity index is 1.41. The fourth-order valence-electron chi connectivity index (χ4n) is 6.91. The molecule has 0 saturated carbocycles. The second-order valence-corrected chi connectivity index (χ2v) is 11.1. The number of nitrogens with zero attached hydrogens (tertiary/aromatic N) is 3. The average Bonchev–Trinajstić information content (AvgIpc) is 3.42. The van der Waals surface area contributed by atoms with Crippen molar-refractivity contribution < 1.29 is 0 Å². The first-order valence-electron chi connectivity index (χ1n) is 14.5. The zero-order valence-electron chi connectivity index (χ0n) is 23.1. The van der Waals surface area contributed by atoms with Crippen LogP contribution >= 0.6 is 0 Å². The van der Waals surface area contributed by atoms with Crippen molar-refractivity contribution in [2.45, 2.75) is 0 Å². The van der Waals surface area contributed by atoms with E-state index in [0.29, 0.717) is 5.56 Å². The number of nitriles is 1. The lowest BCUT2D eigenvalue weighted by Gasteiger charge is -2.16. The molecule has 0 aliphatic rings. The third kappa shape index (κ3) is 3.38. The largest absolute Gasteiger partial charge is 0.309 e. The summed E-state index contributed by atoms with van der Waals surface area (Å²) >= 11 is 0. The standard InChI is InChI=1S/C40H23N3/c41-24-28-12-8-18-36-38(28)32-16-5-6-17-35(32)43(36)29-13-7-11-27(23-29)37-33-21-19-25-9-1-3-14-30(25)39(33)42-40-31-15-4-2-10-26(31)20-22-34(37)40/h1-23H. The fraction of sp³-hybridized carbons (Fsp3) is 0. The van der Waals surface area contributed by atoms with Crippen molar-refractivity contribution in [3.05, 3.63) is 145 Å². The van der Waals surface area contributed by atoms with Gasteiger partial charge in [-0.3, -0.25) is 0 Å². The van der Waals surface area contributed by atoms with Gasteiger partial charge in [0, 0.05) is 43.6 Å². The molecule has 0 amide bonds. The molecule has 3 nitrogen and oxygen atoms in total. The molecular weight excluding hydrogens is 522 g/mol. The molecule has 0 fully saturated rings. The van der Waals surface area contributed by atoms with Crippen LogP contribution in [0.2, 0.25) is 0 Å². The van der Waals surface area contributed by atoms with E-state index in [2.05, 4.69) is 132 Å². The molecule has 2 aromatic heterocycles. The van der Waals surface area contributed by atoms with E-state index in [1.54, 1.807) is 0 Å². The van der Waals surface area contributed by atoms with Gasteiger partial charge in [-0.25, -0.2) is 4.98 Å². The van der Waals surface area contributed by atoms with E-state index in [-0.39, 0.29) is 0 Å². The minimum atomic E-state index is 0.688. The number of pyridine rings is 1. The van der Waals surface area contributed by atoms with Crippen molar-refractivity contribution in [1.29, 1.82) is 5.26 Å². The van der Waals surface area contributed by atoms with Crippen LogP contribution in [0, 0.1) is 11.3 Å². The molecule has 0 saturated heterocycles. The number of benzene rings is 7. The fourth-order valence-corrected chi connectivity index (χ4v) is 6.91. The number of rotatable bonds is 2. The minimum Gasteiger partial charge on any atom is -0.309 e. The number of para-hydroxylation sites is 1. The predicted octanol–water partition coefficient (Wildman–Crippen LogP) is 10.3. The third-order valence-electron chi connectivity index (χ3n) is 8.77. The second-order valence-electron chi connectivity index (χ2n) is 11.1. The van der Waals surface area contributed by atoms with Gasteiger partial charge in [-0.05, 0) is 46.7 Å². The summed E-state index contributed by atoms with van der Waals surface area (Å²) in [4.78, 5) is 5.36. The van der Waals surface area contributed by atoms with Crippen LogP contribution in [0.15, 0.2) is 140 Å². The highest BCUT2D eigenvalue weighted by Gasteiger charge is 2.18. The summed E-state index contributed by atoms with van der Waals surface area (Å²) in [6.45, 7) is 0. The lowest BCUT2D eigenvalue weighted by Crippen LogP contribution is -1.96. The van der Waals surface area contributed by atoms with Crippen molar-refractivity contribution in [2.75, 3.05) is 0 Å². The Morgan fingerprint density at radius 1 is 0.512 bits per heavy atom. The minimum absolute atomic E-state index is 0.688. The van der Waals surface area contributed by atoms with E-state index >= 15 is 0 Å². The van der Waals surface area contributed by atoms with E-state index in [1.165, 1.54) is 16.3 Å². The van der Waals surface area contributed by atoms with Gasteiger partial charge < -0.3 is 4.57 Å². The van der Waals surface area contributed by atoms with Gasteiger partial charge in [0.2, 0.25) is 0 Å². The van der Waals surface area contributed by atoms with Gasteiger partial charge in [0.05, 0.1) is 33.7 Å². The molecule has 0 unspecified atom stereocenters. The highest BCUT2D eigenvalue weighted by Crippen LogP contribution is 2.41. The monoisotopic (exact) mass is 545 g/mol. The second kappa shape index (κ2) is 9.01.